The predicted molar refractivity (Wildman–Crippen MR) is 88.1 cm³/mol. The molecule has 0 bridgehead atoms. The van der Waals surface area contributed by atoms with Crippen molar-refractivity contribution < 1.29 is 23.0 Å². The van der Waals surface area contributed by atoms with Crippen LogP contribution in [0, 0.1) is 11.3 Å². The average Bonchev–Trinajstić information content (AvgIpc) is 2.59. The maximum absolute atomic E-state index is 12.8. The van der Waals surface area contributed by atoms with Gasteiger partial charge in [0.2, 0.25) is 5.91 Å². The highest BCUT2D eigenvalue weighted by molar-refractivity contribution is 5.89. The third-order valence-corrected chi connectivity index (χ3v) is 5.69. The molecule has 0 spiro atoms. The minimum absolute atomic E-state index is 0.0218. The van der Waals surface area contributed by atoms with Crippen LogP contribution in [-0.2, 0) is 16.1 Å². The normalized spacial score (nSPS) is 30.3. The van der Waals surface area contributed by atoms with Crippen molar-refractivity contribution in [1.29, 1.82) is 0 Å². The zero-order valence-corrected chi connectivity index (χ0v) is 14.4. The molecule has 5 nitrogen and oxygen atoms in total. The van der Waals surface area contributed by atoms with Crippen LogP contribution in [0.2, 0.25) is 0 Å². The number of carbonyl (C=O) groups excluding carboxylic acids is 1. The molecule has 7 heteroatoms. The van der Waals surface area contributed by atoms with Gasteiger partial charge >= 0.3 is 6.61 Å². The van der Waals surface area contributed by atoms with E-state index in [1.165, 1.54) is 6.07 Å². The number of fused-ring (bicyclic) bond motifs is 1. The number of ether oxygens (including phenoxy) is 2. The first-order valence-electron chi connectivity index (χ1n) is 8.50. The van der Waals surface area contributed by atoms with Gasteiger partial charge in [-0.2, -0.15) is 8.78 Å². The summed E-state index contributed by atoms with van der Waals surface area (Å²) in [6.45, 7) is 1.73. The maximum atomic E-state index is 12.8. The number of halogens is 2. The summed E-state index contributed by atoms with van der Waals surface area (Å²) in [5.41, 5.74) is 5.48. The van der Waals surface area contributed by atoms with E-state index in [1.807, 2.05) is 13.8 Å². The first-order valence-corrected chi connectivity index (χ1v) is 8.50. The molecule has 1 aromatic carbocycles. The number of hydrogen-bond donors (Lipinski definition) is 2. The molecule has 1 aromatic rings. The topological polar surface area (TPSA) is 73.6 Å². The van der Waals surface area contributed by atoms with E-state index in [9.17, 15) is 13.6 Å². The Morgan fingerprint density at radius 3 is 2.88 bits per heavy atom. The second-order valence-corrected chi connectivity index (χ2v) is 7.30. The molecule has 3 unspecified atom stereocenters. The second-order valence-electron chi connectivity index (χ2n) is 7.30. The van der Waals surface area contributed by atoms with Gasteiger partial charge in [-0.05, 0) is 18.9 Å². The Labute approximate surface area is 145 Å². The maximum Gasteiger partial charge on any atom is 0.387 e. The Bertz CT molecular complexity index is 653. The second kappa shape index (κ2) is 6.53. The minimum atomic E-state index is -2.91. The van der Waals surface area contributed by atoms with Crippen molar-refractivity contribution >= 4 is 5.91 Å². The largest absolute Gasteiger partial charge is 0.434 e. The van der Waals surface area contributed by atoms with Crippen LogP contribution in [-0.4, -0.2) is 30.8 Å². The molecule has 3 atom stereocenters. The van der Waals surface area contributed by atoms with Crippen LogP contribution in [0.4, 0.5) is 8.78 Å². The number of nitrogens with one attached hydrogen (secondary N) is 1. The summed E-state index contributed by atoms with van der Waals surface area (Å²) >= 11 is 0. The van der Waals surface area contributed by atoms with Crippen molar-refractivity contribution in [3.05, 3.63) is 29.8 Å². The lowest BCUT2D eigenvalue weighted by atomic mass is 9.46. The van der Waals surface area contributed by atoms with Gasteiger partial charge in [0.1, 0.15) is 11.3 Å². The standard InChI is InChI=1S/C18H24F2N2O3/c1-17(2)14-12(7-5-9-24-14)18(17,21)15(23)22-10-11-6-3-4-8-13(11)25-16(19)20/h3-4,6,8,12,14,16H,5,7,9-10,21H2,1-2H3,(H,22,23). The highest BCUT2D eigenvalue weighted by Gasteiger charge is 2.70. The molecule has 1 saturated heterocycles. The molecule has 2 aliphatic rings. The van der Waals surface area contributed by atoms with E-state index in [0.717, 1.165) is 12.8 Å². The summed E-state index contributed by atoms with van der Waals surface area (Å²) in [4.78, 5) is 12.8. The van der Waals surface area contributed by atoms with E-state index in [0.29, 0.717) is 12.2 Å². The van der Waals surface area contributed by atoms with Crippen molar-refractivity contribution in [3.63, 3.8) is 0 Å². The number of rotatable bonds is 5. The number of nitrogens with two attached hydrogens (primary N) is 1. The Kier molecular flexibility index (Phi) is 4.72. The van der Waals surface area contributed by atoms with Gasteiger partial charge in [-0.15, -0.1) is 0 Å². The van der Waals surface area contributed by atoms with Gasteiger partial charge in [0, 0.05) is 30.0 Å². The molecule has 2 fully saturated rings. The van der Waals surface area contributed by atoms with Crippen molar-refractivity contribution in [2.24, 2.45) is 17.1 Å². The number of hydrogen-bond acceptors (Lipinski definition) is 4. The number of carbonyl (C=O) groups is 1. The Morgan fingerprint density at radius 1 is 1.44 bits per heavy atom. The fourth-order valence-electron chi connectivity index (χ4n) is 4.22. The van der Waals surface area contributed by atoms with E-state index in [2.05, 4.69) is 10.1 Å². The zero-order chi connectivity index (χ0) is 18.2. The fraction of sp³-hybridized carbons (Fsp3) is 0.611. The molecule has 1 heterocycles. The van der Waals surface area contributed by atoms with Crippen molar-refractivity contribution in [2.45, 2.75) is 51.5 Å². The quantitative estimate of drug-likeness (QED) is 0.852. The van der Waals surface area contributed by atoms with Crippen LogP contribution in [0.5, 0.6) is 5.75 Å². The molecule has 3 N–H and O–H groups in total. The highest BCUT2D eigenvalue weighted by Crippen LogP contribution is 2.57. The van der Waals surface area contributed by atoms with Gasteiger partial charge in [0.25, 0.3) is 0 Å². The number of para-hydroxylation sites is 1. The van der Waals surface area contributed by atoms with Crippen LogP contribution >= 0.6 is 0 Å². The van der Waals surface area contributed by atoms with Crippen molar-refractivity contribution in [3.8, 4) is 5.75 Å². The SMILES string of the molecule is CC1(C)C2OCCCC2C1(N)C(=O)NCc1ccccc1OC(F)F. The van der Waals surface area contributed by atoms with Crippen LogP contribution < -0.4 is 15.8 Å². The van der Waals surface area contributed by atoms with E-state index in [-0.39, 0.29) is 30.2 Å². The molecule has 0 aromatic heterocycles. The summed E-state index contributed by atoms with van der Waals surface area (Å²) in [7, 11) is 0. The van der Waals surface area contributed by atoms with E-state index in [1.54, 1.807) is 18.2 Å². The van der Waals surface area contributed by atoms with Gasteiger partial charge in [-0.1, -0.05) is 32.0 Å². The lowest BCUT2D eigenvalue weighted by Gasteiger charge is -2.65. The molecule has 1 aliphatic heterocycles. The molecule has 0 radical (unpaired) electrons. The average molecular weight is 354 g/mol. The van der Waals surface area contributed by atoms with Crippen LogP contribution in [0.15, 0.2) is 24.3 Å². The van der Waals surface area contributed by atoms with E-state index >= 15 is 0 Å². The molecule has 1 amide bonds. The smallest absolute Gasteiger partial charge is 0.387 e. The molecular formula is C18H24F2N2O3. The minimum Gasteiger partial charge on any atom is -0.434 e. The van der Waals surface area contributed by atoms with E-state index < -0.39 is 17.6 Å². The first kappa shape index (κ1) is 18.1. The Morgan fingerprint density at radius 2 is 2.16 bits per heavy atom. The van der Waals surface area contributed by atoms with Crippen LogP contribution in [0.1, 0.15) is 32.3 Å². The predicted octanol–water partition coefficient (Wildman–Crippen LogP) is 2.44. The van der Waals surface area contributed by atoms with Crippen molar-refractivity contribution in [2.75, 3.05) is 6.61 Å². The summed E-state index contributed by atoms with van der Waals surface area (Å²) in [6.07, 6.45) is 1.71. The Hall–Kier alpha value is -1.73. The monoisotopic (exact) mass is 354 g/mol. The highest BCUT2D eigenvalue weighted by atomic mass is 19.3. The molecular weight excluding hydrogens is 330 g/mol. The third-order valence-electron chi connectivity index (χ3n) is 5.69. The van der Waals surface area contributed by atoms with Gasteiger partial charge in [0.15, 0.2) is 0 Å². The van der Waals surface area contributed by atoms with Gasteiger partial charge < -0.3 is 20.5 Å². The summed E-state index contributed by atoms with van der Waals surface area (Å²) < 4.78 is 35.3. The lowest BCUT2D eigenvalue weighted by Crippen LogP contribution is -2.82. The van der Waals surface area contributed by atoms with Crippen LogP contribution in [0.25, 0.3) is 0 Å². The van der Waals surface area contributed by atoms with Crippen LogP contribution in [0.3, 0.4) is 0 Å². The molecule has 138 valence electrons. The summed E-state index contributed by atoms with van der Waals surface area (Å²) in [5.74, 6) is -0.254. The summed E-state index contributed by atoms with van der Waals surface area (Å²) in [5, 5.41) is 2.80. The number of benzene rings is 1. The molecule has 1 aliphatic carbocycles. The van der Waals surface area contributed by atoms with Gasteiger partial charge in [0.05, 0.1) is 6.10 Å². The molecule has 1 saturated carbocycles. The Balaban J connectivity index is 1.71. The number of alkyl halides is 2. The van der Waals surface area contributed by atoms with E-state index in [4.69, 9.17) is 10.5 Å². The lowest BCUT2D eigenvalue weighted by molar-refractivity contribution is -0.225. The summed E-state index contributed by atoms with van der Waals surface area (Å²) in [6, 6.07) is 6.40. The molecule has 3 rings (SSSR count). The zero-order valence-electron chi connectivity index (χ0n) is 14.4. The van der Waals surface area contributed by atoms with Gasteiger partial charge in [-0.25, -0.2) is 0 Å². The first-order chi connectivity index (χ1) is 11.8. The molecule has 25 heavy (non-hydrogen) atoms. The number of amides is 1. The van der Waals surface area contributed by atoms with Gasteiger partial charge in [-0.3, -0.25) is 4.79 Å². The van der Waals surface area contributed by atoms with Crippen molar-refractivity contribution in [1.82, 2.24) is 5.32 Å². The fourth-order valence-corrected chi connectivity index (χ4v) is 4.22. The third kappa shape index (κ3) is 2.89.